The Bertz CT molecular complexity index is 238. The number of hydrogen-bond donors (Lipinski definition) is 2. The van der Waals surface area contributed by atoms with Gasteiger partial charge in [0, 0.05) is 19.0 Å². The first-order valence-corrected chi connectivity index (χ1v) is 3.38. The fourth-order valence-corrected chi connectivity index (χ4v) is 0.748. The molecule has 2 N–H and O–H groups in total. The van der Waals surface area contributed by atoms with E-state index in [1.165, 1.54) is 0 Å². The molecule has 0 aliphatic rings. The smallest absolute Gasteiger partial charge is 0.196 e. The van der Waals surface area contributed by atoms with Crippen molar-refractivity contribution in [3.05, 3.63) is 22.7 Å². The zero-order chi connectivity index (χ0) is 7.40. The fourth-order valence-electron chi connectivity index (χ4n) is 0.636. The summed E-state index contributed by atoms with van der Waals surface area (Å²) in [7, 11) is 0. The molecule has 0 aliphatic heterocycles. The van der Waals surface area contributed by atoms with Crippen LogP contribution in [0.2, 0.25) is 0 Å². The normalized spacial score (nSPS) is 9.70. The van der Waals surface area contributed by atoms with Crippen molar-refractivity contribution in [2.75, 3.05) is 6.61 Å². The number of H-pyrrole nitrogens is 1. The van der Waals surface area contributed by atoms with Gasteiger partial charge in [0.1, 0.15) is 0 Å². The maximum absolute atomic E-state index is 8.52. The van der Waals surface area contributed by atoms with E-state index in [1.54, 1.807) is 12.4 Å². The maximum Gasteiger partial charge on any atom is 0.196 e. The highest BCUT2D eigenvalue weighted by Gasteiger charge is 1.88. The van der Waals surface area contributed by atoms with Gasteiger partial charge in [-0.1, -0.05) is 0 Å². The summed E-state index contributed by atoms with van der Waals surface area (Å²) in [5.41, 5.74) is 0.969. The number of aliphatic hydroxyl groups excluding tert-OH is 1. The molecule has 54 valence electrons. The third-order valence-corrected chi connectivity index (χ3v) is 1.35. The Morgan fingerprint density at radius 3 is 3.00 bits per heavy atom. The lowest BCUT2D eigenvalue weighted by molar-refractivity contribution is 0.299. The van der Waals surface area contributed by atoms with Crippen molar-refractivity contribution in [1.82, 2.24) is 9.97 Å². The van der Waals surface area contributed by atoms with Crippen LogP contribution in [0.1, 0.15) is 5.56 Å². The number of aliphatic hydroxyl groups is 1. The largest absolute Gasteiger partial charge is 0.396 e. The van der Waals surface area contributed by atoms with E-state index in [9.17, 15) is 0 Å². The molecule has 10 heavy (non-hydrogen) atoms. The monoisotopic (exact) mass is 156 g/mol. The van der Waals surface area contributed by atoms with E-state index < -0.39 is 0 Å². The quantitative estimate of drug-likeness (QED) is 0.619. The van der Waals surface area contributed by atoms with Gasteiger partial charge in [-0.05, 0) is 24.2 Å². The number of aromatic nitrogens is 2. The molecular formula is C6H8N2OS. The third kappa shape index (κ3) is 1.89. The summed E-state index contributed by atoms with van der Waals surface area (Å²) in [6.45, 7) is 0.145. The van der Waals surface area contributed by atoms with Crippen molar-refractivity contribution in [3.63, 3.8) is 0 Å². The van der Waals surface area contributed by atoms with Crippen LogP contribution < -0.4 is 0 Å². The Morgan fingerprint density at radius 2 is 2.50 bits per heavy atom. The van der Waals surface area contributed by atoms with Crippen molar-refractivity contribution in [2.24, 2.45) is 0 Å². The molecule has 0 bridgehead atoms. The summed E-state index contributed by atoms with van der Waals surface area (Å²) >= 11 is 4.73. The Hall–Kier alpha value is -0.740. The molecule has 1 heterocycles. The van der Waals surface area contributed by atoms with Crippen LogP contribution in [-0.2, 0) is 6.42 Å². The molecule has 0 saturated heterocycles. The second kappa shape index (κ2) is 3.43. The van der Waals surface area contributed by atoms with E-state index in [0.717, 1.165) is 5.56 Å². The highest BCUT2D eigenvalue weighted by Crippen LogP contribution is 1.93. The van der Waals surface area contributed by atoms with E-state index >= 15 is 0 Å². The standard InChI is InChI=1S/C6H8N2OS/c9-2-1-5-3-7-6(10)8-4-5/h3-4,9H,1-2H2,(H,7,8,10). The topological polar surface area (TPSA) is 48.9 Å². The SMILES string of the molecule is OCCc1cnc(=S)[nH]c1. The molecule has 0 unspecified atom stereocenters. The predicted octanol–water partition coefficient (Wildman–Crippen LogP) is 0.674. The molecule has 1 aromatic heterocycles. The molecular weight excluding hydrogens is 148 g/mol. The van der Waals surface area contributed by atoms with E-state index in [1.807, 2.05) is 0 Å². The van der Waals surface area contributed by atoms with Crippen LogP contribution in [0.25, 0.3) is 0 Å². The van der Waals surface area contributed by atoms with E-state index in [-0.39, 0.29) is 6.61 Å². The minimum Gasteiger partial charge on any atom is -0.396 e. The zero-order valence-corrected chi connectivity index (χ0v) is 6.19. The van der Waals surface area contributed by atoms with Crippen molar-refractivity contribution in [1.29, 1.82) is 0 Å². The number of aromatic amines is 1. The summed E-state index contributed by atoms with van der Waals surface area (Å²) in [6, 6.07) is 0. The molecule has 0 aliphatic carbocycles. The molecule has 0 saturated carbocycles. The molecule has 0 spiro atoms. The van der Waals surface area contributed by atoms with Crippen molar-refractivity contribution >= 4 is 12.2 Å². The summed E-state index contributed by atoms with van der Waals surface area (Å²) < 4.78 is 0.474. The fraction of sp³-hybridized carbons (Fsp3) is 0.333. The lowest BCUT2D eigenvalue weighted by Crippen LogP contribution is -1.92. The molecule has 1 aromatic rings. The highest BCUT2D eigenvalue weighted by molar-refractivity contribution is 7.71. The first-order valence-electron chi connectivity index (χ1n) is 2.97. The van der Waals surface area contributed by atoms with Crippen LogP contribution >= 0.6 is 12.2 Å². The first kappa shape index (κ1) is 7.37. The predicted molar refractivity (Wildman–Crippen MR) is 40.2 cm³/mol. The van der Waals surface area contributed by atoms with Crippen molar-refractivity contribution in [3.8, 4) is 0 Å². The van der Waals surface area contributed by atoms with Gasteiger partial charge in [-0.3, -0.25) is 0 Å². The third-order valence-electron chi connectivity index (χ3n) is 1.13. The average Bonchev–Trinajstić information content (AvgIpc) is 1.95. The van der Waals surface area contributed by atoms with Gasteiger partial charge in [-0.15, -0.1) is 0 Å². The van der Waals surface area contributed by atoms with E-state index in [2.05, 4.69) is 9.97 Å². The minimum atomic E-state index is 0.145. The van der Waals surface area contributed by atoms with Crippen LogP contribution in [0.15, 0.2) is 12.4 Å². The first-order chi connectivity index (χ1) is 4.83. The van der Waals surface area contributed by atoms with Gasteiger partial charge in [0.2, 0.25) is 0 Å². The summed E-state index contributed by atoms with van der Waals surface area (Å²) in [6.07, 6.45) is 4.04. The minimum absolute atomic E-state index is 0.145. The van der Waals surface area contributed by atoms with Crippen LogP contribution in [0.3, 0.4) is 0 Å². The molecule has 0 atom stereocenters. The van der Waals surface area contributed by atoms with Gasteiger partial charge in [-0.2, -0.15) is 0 Å². The van der Waals surface area contributed by atoms with Crippen molar-refractivity contribution in [2.45, 2.75) is 6.42 Å². The number of nitrogens with zero attached hydrogens (tertiary/aromatic N) is 1. The second-order valence-electron chi connectivity index (χ2n) is 1.90. The van der Waals surface area contributed by atoms with Gasteiger partial charge in [0.05, 0.1) is 0 Å². The average molecular weight is 156 g/mol. The number of nitrogens with one attached hydrogen (secondary N) is 1. The molecule has 3 nitrogen and oxygen atoms in total. The number of hydrogen-bond acceptors (Lipinski definition) is 3. The summed E-state index contributed by atoms with van der Waals surface area (Å²) in [4.78, 5) is 6.62. The Kier molecular flexibility index (Phi) is 2.53. The van der Waals surface area contributed by atoms with Crippen LogP contribution in [-0.4, -0.2) is 21.7 Å². The molecule has 0 fully saturated rings. The maximum atomic E-state index is 8.52. The lowest BCUT2D eigenvalue weighted by Gasteiger charge is -1.93. The number of rotatable bonds is 2. The van der Waals surface area contributed by atoms with Crippen molar-refractivity contribution < 1.29 is 5.11 Å². The van der Waals surface area contributed by atoms with Gasteiger partial charge in [0.25, 0.3) is 0 Å². The van der Waals surface area contributed by atoms with Gasteiger partial charge in [-0.25, -0.2) is 4.98 Å². The second-order valence-corrected chi connectivity index (χ2v) is 2.29. The van der Waals surface area contributed by atoms with E-state index in [4.69, 9.17) is 17.3 Å². The summed E-state index contributed by atoms with van der Waals surface area (Å²) in [5.74, 6) is 0. The van der Waals surface area contributed by atoms with Crippen LogP contribution in [0.4, 0.5) is 0 Å². The van der Waals surface area contributed by atoms with Gasteiger partial charge < -0.3 is 10.1 Å². The highest BCUT2D eigenvalue weighted by atomic mass is 32.1. The Balaban J connectivity index is 2.79. The van der Waals surface area contributed by atoms with Gasteiger partial charge in [0.15, 0.2) is 4.77 Å². The molecule has 0 aromatic carbocycles. The molecule has 0 radical (unpaired) electrons. The van der Waals surface area contributed by atoms with Crippen LogP contribution in [0.5, 0.6) is 0 Å². The lowest BCUT2D eigenvalue weighted by atomic mass is 10.3. The van der Waals surface area contributed by atoms with Crippen LogP contribution in [0, 0.1) is 4.77 Å². The molecule has 0 amide bonds. The Labute approximate surface area is 63.8 Å². The molecule has 4 heteroatoms. The Morgan fingerprint density at radius 1 is 1.70 bits per heavy atom. The molecule has 1 rings (SSSR count). The zero-order valence-electron chi connectivity index (χ0n) is 5.37. The van der Waals surface area contributed by atoms with Gasteiger partial charge >= 0.3 is 0 Å². The summed E-state index contributed by atoms with van der Waals surface area (Å²) in [5, 5.41) is 8.52. The van der Waals surface area contributed by atoms with E-state index in [0.29, 0.717) is 11.2 Å².